The summed E-state index contributed by atoms with van der Waals surface area (Å²) >= 11 is 0. The van der Waals surface area contributed by atoms with Gasteiger partial charge in [0, 0.05) is 11.1 Å². The molecule has 4 heteroatoms. The Kier molecular flexibility index (Phi) is 7.95. The van der Waals surface area contributed by atoms with Gasteiger partial charge in [-0.1, -0.05) is 121 Å². The molecule has 0 amide bonds. The van der Waals surface area contributed by atoms with E-state index < -0.39 is 0 Å². The highest BCUT2D eigenvalue weighted by Crippen LogP contribution is 2.47. The number of hydrogen-bond donors (Lipinski definition) is 2. The van der Waals surface area contributed by atoms with Gasteiger partial charge in [0.15, 0.2) is 0 Å². The van der Waals surface area contributed by atoms with Gasteiger partial charge in [0.25, 0.3) is 0 Å². The van der Waals surface area contributed by atoms with Crippen LogP contribution in [0.2, 0.25) is 0 Å². The summed E-state index contributed by atoms with van der Waals surface area (Å²) in [5.41, 5.74) is 6.39. The fraction of sp³-hybridized carbons (Fsp3) is 0.0909. The molecule has 234 valence electrons. The van der Waals surface area contributed by atoms with E-state index in [-0.39, 0.29) is 26.4 Å². The van der Waals surface area contributed by atoms with Gasteiger partial charge in [0.1, 0.15) is 24.7 Å². The van der Waals surface area contributed by atoms with Gasteiger partial charge in [0.2, 0.25) is 0 Å². The molecule has 48 heavy (non-hydrogen) atoms. The maximum atomic E-state index is 9.73. The number of aliphatic hydroxyl groups excluding tert-OH is 2. The molecule has 0 saturated heterocycles. The SMILES string of the molecule is OCCOc1ccc2cc(-c3cccc4ccccc34)ccc2c1-c1c(OCCO)ccc2cc(-c3cccc4ccccc34)ccc12. The fourth-order valence-corrected chi connectivity index (χ4v) is 6.98. The molecule has 0 aromatic heterocycles. The van der Waals surface area contributed by atoms with Crippen molar-refractivity contribution in [3.63, 3.8) is 0 Å². The third kappa shape index (κ3) is 5.31. The van der Waals surface area contributed by atoms with Crippen LogP contribution < -0.4 is 9.47 Å². The van der Waals surface area contributed by atoms with E-state index in [1.807, 2.05) is 12.1 Å². The lowest BCUT2D eigenvalue weighted by Gasteiger charge is -2.20. The lowest BCUT2D eigenvalue weighted by molar-refractivity contribution is 0.200. The summed E-state index contributed by atoms with van der Waals surface area (Å²) in [5.74, 6) is 1.32. The van der Waals surface area contributed by atoms with Crippen molar-refractivity contribution in [2.75, 3.05) is 26.4 Å². The molecule has 0 atom stereocenters. The Morgan fingerprint density at radius 3 is 1.27 bits per heavy atom. The van der Waals surface area contributed by atoms with Crippen molar-refractivity contribution < 1.29 is 19.7 Å². The minimum absolute atomic E-state index is 0.102. The molecule has 0 fully saturated rings. The maximum Gasteiger partial charge on any atom is 0.128 e. The molecule has 0 aliphatic rings. The number of benzene rings is 8. The lowest BCUT2D eigenvalue weighted by atomic mass is 9.89. The predicted octanol–water partition coefficient (Wildman–Crippen LogP) is 10.0. The molecule has 0 heterocycles. The minimum Gasteiger partial charge on any atom is -0.491 e. The molecule has 0 aliphatic carbocycles. The van der Waals surface area contributed by atoms with Gasteiger partial charge in [-0.2, -0.15) is 0 Å². The molecule has 8 aromatic carbocycles. The van der Waals surface area contributed by atoms with Crippen molar-refractivity contribution >= 4 is 43.1 Å². The number of hydrogen-bond acceptors (Lipinski definition) is 4. The van der Waals surface area contributed by atoms with E-state index in [4.69, 9.17) is 9.47 Å². The highest BCUT2D eigenvalue weighted by atomic mass is 16.5. The van der Waals surface area contributed by atoms with Crippen LogP contribution in [0.15, 0.2) is 146 Å². The zero-order chi connectivity index (χ0) is 32.5. The van der Waals surface area contributed by atoms with Gasteiger partial charge in [-0.15, -0.1) is 0 Å². The molecule has 0 spiro atoms. The van der Waals surface area contributed by atoms with Gasteiger partial charge < -0.3 is 19.7 Å². The second-order valence-electron chi connectivity index (χ2n) is 11.9. The molecule has 4 nitrogen and oxygen atoms in total. The Balaban J connectivity index is 1.36. The second kappa shape index (κ2) is 12.8. The normalized spacial score (nSPS) is 11.5. The van der Waals surface area contributed by atoms with E-state index in [1.165, 1.54) is 32.7 Å². The van der Waals surface area contributed by atoms with Crippen molar-refractivity contribution in [3.05, 3.63) is 146 Å². The van der Waals surface area contributed by atoms with E-state index in [1.54, 1.807) is 0 Å². The van der Waals surface area contributed by atoms with Crippen LogP contribution in [-0.4, -0.2) is 36.6 Å². The Morgan fingerprint density at radius 2 is 0.812 bits per heavy atom. The first-order valence-electron chi connectivity index (χ1n) is 16.3. The van der Waals surface area contributed by atoms with E-state index >= 15 is 0 Å². The average Bonchev–Trinajstić information content (AvgIpc) is 3.15. The highest BCUT2D eigenvalue weighted by Gasteiger charge is 2.20. The quantitative estimate of drug-likeness (QED) is 0.167. The summed E-state index contributed by atoms with van der Waals surface area (Å²) < 4.78 is 12.4. The van der Waals surface area contributed by atoms with Crippen LogP contribution in [0.1, 0.15) is 0 Å². The van der Waals surface area contributed by atoms with Crippen LogP contribution in [-0.2, 0) is 0 Å². The number of aliphatic hydroxyl groups is 2. The van der Waals surface area contributed by atoms with Crippen molar-refractivity contribution in [1.29, 1.82) is 0 Å². The Labute approximate surface area is 279 Å². The Morgan fingerprint density at radius 1 is 0.375 bits per heavy atom. The molecule has 0 aliphatic heterocycles. The smallest absolute Gasteiger partial charge is 0.128 e. The first-order chi connectivity index (χ1) is 23.7. The van der Waals surface area contributed by atoms with Crippen molar-refractivity contribution in [3.8, 4) is 44.9 Å². The molecule has 8 aromatic rings. The van der Waals surface area contributed by atoms with Crippen molar-refractivity contribution in [2.45, 2.75) is 0 Å². The van der Waals surface area contributed by atoms with Crippen LogP contribution in [0, 0.1) is 0 Å². The molecular formula is C44H34O4. The number of ether oxygens (including phenoxy) is 2. The van der Waals surface area contributed by atoms with Crippen LogP contribution in [0.4, 0.5) is 0 Å². The van der Waals surface area contributed by atoms with Crippen LogP contribution in [0.3, 0.4) is 0 Å². The van der Waals surface area contributed by atoms with Gasteiger partial charge >= 0.3 is 0 Å². The van der Waals surface area contributed by atoms with Gasteiger partial charge in [0.05, 0.1) is 13.2 Å². The van der Waals surface area contributed by atoms with Gasteiger partial charge in [-0.05, 0) is 89.6 Å². The topological polar surface area (TPSA) is 58.9 Å². The van der Waals surface area contributed by atoms with Crippen LogP contribution in [0.25, 0.3) is 76.5 Å². The highest BCUT2D eigenvalue weighted by molar-refractivity contribution is 6.12. The Bertz CT molecular complexity index is 2260. The van der Waals surface area contributed by atoms with Crippen molar-refractivity contribution in [2.24, 2.45) is 0 Å². The Hall–Kier alpha value is -5.68. The van der Waals surface area contributed by atoms with Crippen LogP contribution in [0.5, 0.6) is 11.5 Å². The molecule has 0 unspecified atom stereocenters. The summed E-state index contributed by atoms with van der Waals surface area (Å²) in [7, 11) is 0. The monoisotopic (exact) mass is 626 g/mol. The molecular weight excluding hydrogens is 592 g/mol. The first-order valence-corrected chi connectivity index (χ1v) is 16.3. The van der Waals surface area contributed by atoms with E-state index in [0.29, 0.717) is 11.5 Å². The summed E-state index contributed by atoms with van der Waals surface area (Å²) in [5, 5.41) is 28.4. The summed E-state index contributed by atoms with van der Waals surface area (Å²) in [4.78, 5) is 0. The van der Waals surface area contributed by atoms with Crippen LogP contribution >= 0.6 is 0 Å². The zero-order valence-corrected chi connectivity index (χ0v) is 26.4. The number of fused-ring (bicyclic) bond motifs is 4. The zero-order valence-electron chi connectivity index (χ0n) is 26.4. The van der Waals surface area contributed by atoms with Gasteiger partial charge in [-0.3, -0.25) is 0 Å². The third-order valence-electron chi connectivity index (χ3n) is 9.11. The largest absolute Gasteiger partial charge is 0.491 e. The van der Waals surface area contributed by atoms with E-state index in [2.05, 4.69) is 133 Å². The molecule has 0 bridgehead atoms. The summed E-state index contributed by atoms with van der Waals surface area (Å²) in [6.07, 6.45) is 0. The summed E-state index contributed by atoms with van der Waals surface area (Å²) in [6, 6.07) is 51.0. The summed E-state index contributed by atoms with van der Waals surface area (Å²) in [6.45, 7) is 0.120. The van der Waals surface area contributed by atoms with E-state index in [9.17, 15) is 10.2 Å². The molecule has 0 radical (unpaired) electrons. The molecule has 2 N–H and O–H groups in total. The second-order valence-corrected chi connectivity index (χ2v) is 11.9. The number of rotatable bonds is 9. The maximum absolute atomic E-state index is 9.73. The third-order valence-corrected chi connectivity index (χ3v) is 9.11. The lowest BCUT2D eigenvalue weighted by Crippen LogP contribution is -2.05. The van der Waals surface area contributed by atoms with Crippen molar-refractivity contribution in [1.82, 2.24) is 0 Å². The molecule has 0 saturated carbocycles. The minimum atomic E-state index is -0.102. The standard InChI is InChI=1S/C44H34O4/c45-23-25-47-41-21-17-33-27-31(37-13-5-9-29-7-1-3-11-35(29)37)15-19-39(33)43(41)44-40-20-16-32(28-34(40)18-22-42(44)48-26-24-46)38-14-6-10-30-8-2-4-12-36(30)38/h1-22,27-28,45-46H,23-26H2. The van der Waals surface area contributed by atoms with E-state index in [0.717, 1.165) is 43.8 Å². The molecule has 8 rings (SSSR count). The van der Waals surface area contributed by atoms with Gasteiger partial charge in [-0.25, -0.2) is 0 Å². The average molecular weight is 627 g/mol. The first kappa shape index (κ1) is 29.7. The predicted molar refractivity (Wildman–Crippen MR) is 198 cm³/mol. The fourth-order valence-electron chi connectivity index (χ4n) is 6.98.